The van der Waals surface area contributed by atoms with E-state index in [1.807, 2.05) is 17.0 Å². The Morgan fingerprint density at radius 3 is 2.67 bits per heavy atom. The molecule has 1 unspecified atom stereocenters. The first-order chi connectivity index (χ1) is 12.9. The predicted molar refractivity (Wildman–Crippen MR) is 107 cm³/mol. The van der Waals surface area contributed by atoms with Crippen molar-refractivity contribution in [3.63, 3.8) is 0 Å². The number of hydrogen-bond donors (Lipinski definition) is 0. The van der Waals surface area contributed by atoms with Gasteiger partial charge in [0.15, 0.2) is 0 Å². The summed E-state index contributed by atoms with van der Waals surface area (Å²) in [6.07, 6.45) is 4.77. The van der Waals surface area contributed by atoms with Gasteiger partial charge in [0.2, 0.25) is 5.91 Å². The van der Waals surface area contributed by atoms with Crippen molar-refractivity contribution in [3.05, 3.63) is 34.9 Å². The van der Waals surface area contributed by atoms with E-state index in [0.29, 0.717) is 24.5 Å². The van der Waals surface area contributed by atoms with Crippen LogP contribution in [0.4, 0.5) is 0 Å². The Morgan fingerprint density at radius 1 is 1.15 bits per heavy atom. The van der Waals surface area contributed by atoms with Crippen LogP contribution in [-0.4, -0.2) is 60.1 Å². The quantitative estimate of drug-likeness (QED) is 0.745. The number of likely N-dealkylation sites (tertiary alicyclic amines) is 1. The summed E-state index contributed by atoms with van der Waals surface area (Å²) in [6.45, 7) is 3.88. The fraction of sp³-hybridized carbons (Fsp3) is 0.632. The smallest absolute Gasteiger partial charge is 0.282 e. The molecule has 6 nitrogen and oxygen atoms in total. The Hall–Kier alpha value is -1.15. The highest BCUT2D eigenvalue weighted by Crippen LogP contribution is 2.23. The van der Waals surface area contributed by atoms with Crippen LogP contribution in [0.2, 0.25) is 5.02 Å². The van der Waals surface area contributed by atoms with Crippen LogP contribution in [-0.2, 0) is 21.5 Å². The molecule has 1 aromatic carbocycles. The largest absolute Gasteiger partial charge is 0.339 e. The molecule has 2 fully saturated rings. The lowest BCUT2D eigenvalue weighted by Crippen LogP contribution is -2.54. The van der Waals surface area contributed by atoms with E-state index in [1.54, 1.807) is 12.1 Å². The summed E-state index contributed by atoms with van der Waals surface area (Å²) in [5.41, 5.74) is 0.848. The molecule has 0 radical (unpaired) electrons. The Bertz CT molecular complexity index is 771. The minimum absolute atomic E-state index is 0.0646. The molecule has 2 saturated heterocycles. The molecule has 0 aliphatic carbocycles. The molecule has 0 spiro atoms. The normalized spacial score (nSPS) is 24.1. The summed E-state index contributed by atoms with van der Waals surface area (Å²) < 4.78 is 28.8. The van der Waals surface area contributed by atoms with Gasteiger partial charge >= 0.3 is 0 Å². The average Bonchev–Trinajstić information content (AvgIpc) is 2.65. The van der Waals surface area contributed by atoms with Crippen LogP contribution in [0.1, 0.15) is 44.6 Å². The zero-order chi connectivity index (χ0) is 19.4. The number of carbonyl (C=O) groups excluding carboxylic acids is 1. The first-order valence-electron chi connectivity index (χ1n) is 9.71. The first-order valence-corrected chi connectivity index (χ1v) is 11.5. The first kappa shape index (κ1) is 20.6. The summed E-state index contributed by atoms with van der Waals surface area (Å²) >= 11 is 6.02. The van der Waals surface area contributed by atoms with Crippen LogP contribution in [0.25, 0.3) is 0 Å². The number of rotatable bonds is 5. The van der Waals surface area contributed by atoms with Gasteiger partial charge in [0.25, 0.3) is 10.2 Å². The average molecular weight is 414 g/mol. The number of piperidine rings is 1. The molecule has 1 aromatic rings. The number of nitrogens with zero attached hydrogens (tertiary/aromatic N) is 3. The molecule has 27 heavy (non-hydrogen) atoms. The lowest BCUT2D eigenvalue weighted by molar-refractivity contribution is -0.135. The van der Waals surface area contributed by atoms with E-state index in [2.05, 4.69) is 6.92 Å². The zero-order valence-electron chi connectivity index (χ0n) is 15.8. The number of hydrogen-bond acceptors (Lipinski definition) is 3. The van der Waals surface area contributed by atoms with Gasteiger partial charge in [-0.25, -0.2) is 0 Å². The molecule has 150 valence electrons. The Morgan fingerprint density at radius 2 is 1.93 bits per heavy atom. The van der Waals surface area contributed by atoms with E-state index < -0.39 is 10.2 Å². The molecular weight excluding hydrogens is 386 g/mol. The van der Waals surface area contributed by atoms with E-state index in [1.165, 1.54) is 8.61 Å². The van der Waals surface area contributed by atoms with E-state index in [9.17, 15) is 13.2 Å². The molecule has 2 aliphatic heterocycles. The maximum Gasteiger partial charge on any atom is 0.282 e. The van der Waals surface area contributed by atoms with Gasteiger partial charge in [0.05, 0.1) is 6.54 Å². The summed E-state index contributed by atoms with van der Waals surface area (Å²) in [7, 11) is -3.66. The minimum atomic E-state index is -3.66. The van der Waals surface area contributed by atoms with Gasteiger partial charge in [-0.05, 0) is 49.8 Å². The van der Waals surface area contributed by atoms with Crippen molar-refractivity contribution in [1.29, 1.82) is 0 Å². The molecule has 0 N–H and O–H groups in total. The number of carbonyl (C=O) groups is 1. The van der Waals surface area contributed by atoms with Crippen LogP contribution < -0.4 is 0 Å². The SMILES string of the molecule is CCC1CCCCN1C(=O)CN1CCCN(Cc2cccc(Cl)c2)S1(=O)=O. The van der Waals surface area contributed by atoms with Crippen molar-refractivity contribution in [3.8, 4) is 0 Å². The van der Waals surface area contributed by atoms with Gasteiger partial charge < -0.3 is 4.90 Å². The van der Waals surface area contributed by atoms with E-state index in [0.717, 1.165) is 37.8 Å². The lowest BCUT2D eigenvalue weighted by atomic mass is 10.00. The molecular formula is C19H28ClN3O3S. The van der Waals surface area contributed by atoms with E-state index >= 15 is 0 Å². The van der Waals surface area contributed by atoms with Crippen molar-refractivity contribution in [2.24, 2.45) is 0 Å². The van der Waals surface area contributed by atoms with Crippen LogP contribution in [0.5, 0.6) is 0 Å². The van der Waals surface area contributed by atoms with Crippen LogP contribution in [0.15, 0.2) is 24.3 Å². The van der Waals surface area contributed by atoms with Gasteiger partial charge in [-0.1, -0.05) is 30.7 Å². The van der Waals surface area contributed by atoms with Gasteiger partial charge in [0, 0.05) is 37.2 Å². The summed E-state index contributed by atoms with van der Waals surface area (Å²) in [6, 6.07) is 7.47. The molecule has 2 heterocycles. The van der Waals surface area contributed by atoms with Gasteiger partial charge in [-0.3, -0.25) is 4.79 Å². The van der Waals surface area contributed by atoms with E-state index in [4.69, 9.17) is 11.6 Å². The molecule has 3 rings (SSSR count). The fourth-order valence-electron chi connectivity index (χ4n) is 3.97. The van der Waals surface area contributed by atoms with Crippen molar-refractivity contribution in [2.75, 3.05) is 26.2 Å². The van der Waals surface area contributed by atoms with Gasteiger partial charge in [-0.2, -0.15) is 17.0 Å². The number of amides is 1. The fourth-order valence-corrected chi connectivity index (χ4v) is 5.82. The molecule has 8 heteroatoms. The molecule has 0 saturated carbocycles. The van der Waals surface area contributed by atoms with Crippen molar-refractivity contribution in [1.82, 2.24) is 13.5 Å². The predicted octanol–water partition coefficient (Wildman–Crippen LogP) is 2.88. The third-order valence-corrected chi connectivity index (χ3v) is 7.61. The number of benzene rings is 1. The molecule has 2 aliphatic rings. The maximum absolute atomic E-state index is 13.0. The van der Waals surface area contributed by atoms with Crippen LogP contribution in [0.3, 0.4) is 0 Å². The Balaban J connectivity index is 1.69. The highest BCUT2D eigenvalue weighted by atomic mass is 35.5. The van der Waals surface area contributed by atoms with Gasteiger partial charge in [-0.15, -0.1) is 0 Å². The van der Waals surface area contributed by atoms with Gasteiger partial charge in [0.1, 0.15) is 0 Å². The highest BCUT2D eigenvalue weighted by molar-refractivity contribution is 7.86. The van der Waals surface area contributed by atoms with Crippen molar-refractivity contribution >= 4 is 27.7 Å². The second-order valence-electron chi connectivity index (χ2n) is 7.30. The second kappa shape index (κ2) is 8.90. The maximum atomic E-state index is 13.0. The molecule has 1 atom stereocenters. The third kappa shape index (κ3) is 4.83. The van der Waals surface area contributed by atoms with E-state index in [-0.39, 0.29) is 25.0 Å². The minimum Gasteiger partial charge on any atom is -0.339 e. The van der Waals surface area contributed by atoms with Crippen molar-refractivity contribution in [2.45, 2.75) is 51.6 Å². The number of halogens is 1. The third-order valence-electron chi connectivity index (χ3n) is 5.45. The molecule has 0 bridgehead atoms. The lowest BCUT2D eigenvalue weighted by Gasteiger charge is -2.38. The topological polar surface area (TPSA) is 60.9 Å². The zero-order valence-corrected chi connectivity index (χ0v) is 17.4. The highest BCUT2D eigenvalue weighted by Gasteiger charge is 2.36. The standard InChI is InChI=1S/C19H28ClN3O3S/c1-2-18-9-3-4-12-23(18)19(24)15-22-11-6-10-21(27(22,25)26)14-16-7-5-8-17(20)13-16/h5,7-8,13,18H,2-4,6,9-12,14-15H2,1H3. The Kier molecular flexibility index (Phi) is 6.78. The second-order valence-corrected chi connectivity index (χ2v) is 9.67. The van der Waals surface area contributed by atoms with Crippen LogP contribution >= 0.6 is 11.6 Å². The molecule has 1 amide bonds. The monoisotopic (exact) mass is 413 g/mol. The Labute approximate surface area is 167 Å². The van der Waals surface area contributed by atoms with Crippen LogP contribution in [0, 0.1) is 0 Å². The summed E-state index contributed by atoms with van der Waals surface area (Å²) in [5.74, 6) is -0.0743. The summed E-state index contributed by atoms with van der Waals surface area (Å²) in [4.78, 5) is 14.7. The summed E-state index contributed by atoms with van der Waals surface area (Å²) in [5, 5.41) is 0.588. The molecule has 0 aromatic heterocycles. The van der Waals surface area contributed by atoms with Crippen molar-refractivity contribution < 1.29 is 13.2 Å².